The fourth-order valence-electron chi connectivity index (χ4n) is 6.73. The first-order valence-electron chi connectivity index (χ1n) is 13.4. The van der Waals surface area contributed by atoms with Gasteiger partial charge in [-0.2, -0.15) is 0 Å². The van der Waals surface area contributed by atoms with Crippen LogP contribution in [0.15, 0.2) is 53.9 Å². The molecule has 0 radical (unpaired) electrons. The number of carbonyl (C=O) groups is 3. The van der Waals surface area contributed by atoms with Crippen molar-refractivity contribution in [3.63, 3.8) is 0 Å². The second kappa shape index (κ2) is 9.85. The molecule has 8 nitrogen and oxygen atoms in total. The van der Waals surface area contributed by atoms with E-state index in [1.54, 1.807) is 47.6 Å². The Bertz CT molecular complexity index is 1260. The summed E-state index contributed by atoms with van der Waals surface area (Å²) in [7, 11) is 1.57. The first kappa shape index (κ1) is 25.1. The third-order valence-electron chi connectivity index (χ3n) is 8.61. The molecule has 4 heterocycles. The van der Waals surface area contributed by atoms with Crippen molar-refractivity contribution >= 4 is 34.7 Å². The summed E-state index contributed by atoms with van der Waals surface area (Å²) in [6, 6.07) is 10.2. The van der Waals surface area contributed by atoms with Gasteiger partial charge in [0.1, 0.15) is 17.4 Å². The number of carbonyl (C=O) groups excluding carboxylic acids is 3. The van der Waals surface area contributed by atoms with E-state index in [0.29, 0.717) is 23.9 Å². The van der Waals surface area contributed by atoms with Crippen molar-refractivity contribution in [3.8, 4) is 5.75 Å². The molecular formula is C29H33N3O5S. The number of hydrogen-bond donors (Lipinski definition) is 2. The molecule has 200 valence electrons. The van der Waals surface area contributed by atoms with Gasteiger partial charge in [-0.1, -0.05) is 44.1 Å². The van der Waals surface area contributed by atoms with Crippen LogP contribution in [0.5, 0.6) is 5.75 Å². The zero-order chi connectivity index (χ0) is 26.4. The SMILES string of the molecule is COc1cccc(NC(=O)C2C3C=CC4(O3)C2C(=O)N(Cc2cccs2)C4C(=O)NC2CCCCC2C)c1. The average Bonchev–Trinajstić information content (AvgIpc) is 3.69. The van der Waals surface area contributed by atoms with Gasteiger partial charge >= 0.3 is 0 Å². The third kappa shape index (κ3) is 4.12. The molecule has 4 aliphatic rings. The molecular weight excluding hydrogens is 502 g/mol. The first-order chi connectivity index (χ1) is 18.4. The zero-order valence-electron chi connectivity index (χ0n) is 21.6. The summed E-state index contributed by atoms with van der Waals surface area (Å²) < 4.78 is 11.7. The monoisotopic (exact) mass is 535 g/mol. The summed E-state index contributed by atoms with van der Waals surface area (Å²) in [6.07, 6.45) is 7.39. The van der Waals surface area contributed by atoms with E-state index in [1.165, 1.54) is 6.42 Å². The minimum atomic E-state index is -1.17. The van der Waals surface area contributed by atoms with Crippen LogP contribution in [0, 0.1) is 17.8 Å². The van der Waals surface area contributed by atoms with Crippen molar-refractivity contribution in [3.05, 3.63) is 58.8 Å². The summed E-state index contributed by atoms with van der Waals surface area (Å²) in [6.45, 7) is 2.48. The van der Waals surface area contributed by atoms with Gasteiger partial charge in [-0.05, 0) is 42.3 Å². The molecule has 2 aromatic rings. The lowest BCUT2D eigenvalue weighted by atomic mass is 9.74. The molecule has 1 saturated carbocycles. The van der Waals surface area contributed by atoms with Crippen molar-refractivity contribution in [1.29, 1.82) is 0 Å². The molecule has 3 aliphatic heterocycles. The lowest BCUT2D eigenvalue weighted by Gasteiger charge is -2.35. The van der Waals surface area contributed by atoms with E-state index in [0.717, 1.165) is 24.1 Å². The van der Waals surface area contributed by atoms with Gasteiger partial charge in [0.2, 0.25) is 17.7 Å². The molecule has 2 bridgehead atoms. The minimum Gasteiger partial charge on any atom is -0.497 e. The van der Waals surface area contributed by atoms with Crippen LogP contribution in [0.25, 0.3) is 0 Å². The third-order valence-corrected chi connectivity index (χ3v) is 9.47. The Labute approximate surface area is 226 Å². The number of benzene rings is 1. The molecule has 1 aliphatic carbocycles. The van der Waals surface area contributed by atoms with Crippen molar-refractivity contribution in [1.82, 2.24) is 10.2 Å². The molecule has 38 heavy (non-hydrogen) atoms. The Morgan fingerprint density at radius 3 is 2.79 bits per heavy atom. The van der Waals surface area contributed by atoms with E-state index >= 15 is 0 Å². The molecule has 3 amide bonds. The predicted molar refractivity (Wildman–Crippen MR) is 144 cm³/mol. The maximum Gasteiger partial charge on any atom is 0.246 e. The fraction of sp³-hybridized carbons (Fsp3) is 0.483. The van der Waals surface area contributed by atoms with Crippen LogP contribution in [0.1, 0.15) is 37.5 Å². The van der Waals surface area contributed by atoms with Crippen LogP contribution < -0.4 is 15.4 Å². The number of ether oxygens (including phenoxy) is 2. The smallest absolute Gasteiger partial charge is 0.246 e. The minimum absolute atomic E-state index is 0.0696. The number of fused-ring (bicyclic) bond motifs is 1. The van der Waals surface area contributed by atoms with Gasteiger partial charge in [0.25, 0.3) is 0 Å². The van der Waals surface area contributed by atoms with Crippen molar-refractivity contribution in [2.45, 2.75) is 62.9 Å². The summed E-state index contributed by atoms with van der Waals surface area (Å²) in [5, 5.41) is 8.18. The van der Waals surface area contributed by atoms with Gasteiger partial charge in [-0.15, -0.1) is 11.3 Å². The van der Waals surface area contributed by atoms with E-state index in [1.807, 2.05) is 29.7 Å². The standard InChI is InChI=1S/C29H33N3O5S/c1-17-7-3-4-11-21(17)31-27(34)25-29-13-12-22(37-29)23(26(33)30-18-8-5-9-19(15-18)36-2)24(29)28(35)32(25)16-20-10-6-14-38-20/h5-6,8-10,12-15,17,21-25H,3-4,7,11,16H2,1-2H3,(H,30,33)(H,31,34). The highest BCUT2D eigenvalue weighted by Crippen LogP contribution is 2.55. The molecule has 9 heteroatoms. The number of nitrogens with zero attached hydrogens (tertiary/aromatic N) is 1. The average molecular weight is 536 g/mol. The molecule has 1 aromatic heterocycles. The van der Waals surface area contributed by atoms with Crippen LogP contribution >= 0.6 is 11.3 Å². The number of hydrogen-bond acceptors (Lipinski definition) is 6. The number of thiophene rings is 1. The Balaban J connectivity index is 1.31. The molecule has 3 fully saturated rings. The maximum absolute atomic E-state index is 14.1. The number of anilines is 1. The van der Waals surface area contributed by atoms with Crippen molar-refractivity contribution < 1.29 is 23.9 Å². The maximum atomic E-state index is 14.1. The zero-order valence-corrected chi connectivity index (χ0v) is 22.4. The van der Waals surface area contributed by atoms with E-state index < -0.39 is 29.6 Å². The lowest BCUT2D eigenvalue weighted by Crippen LogP contribution is -2.57. The predicted octanol–water partition coefficient (Wildman–Crippen LogP) is 3.74. The summed E-state index contributed by atoms with van der Waals surface area (Å²) in [4.78, 5) is 44.3. The number of rotatable bonds is 7. The molecule has 6 rings (SSSR count). The lowest BCUT2D eigenvalue weighted by molar-refractivity contribution is -0.142. The first-order valence-corrected chi connectivity index (χ1v) is 14.2. The van der Waals surface area contributed by atoms with Crippen LogP contribution in [0.4, 0.5) is 5.69 Å². The number of methoxy groups -OCH3 is 1. The topological polar surface area (TPSA) is 97.0 Å². The number of likely N-dealkylation sites (tertiary alicyclic amines) is 1. The van der Waals surface area contributed by atoms with E-state index in [4.69, 9.17) is 9.47 Å². The van der Waals surface area contributed by atoms with Crippen LogP contribution in [0.3, 0.4) is 0 Å². The number of nitrogens with one attached hydrogen (secondary N) is 2. The Hall–Kier alpha value is -3.17. The van der Waals surface area contributed by atoms with Crippen molar-refractivity contribution in [2.24, 2.45) is 17.8 Å². The van der Waals surface area contributed by atoms with Crippen LogP contribution in [0.2, 0.25) is 0 Å². The second-order valence-electron chi connectivity index (χ2n) is 10.8. The van der Waals surface area contributed by atoms with Gasteiger partial charge in [-0.3, -0.25) is 14.4 Å². The fourth-order valence-corrected chi connectivity index (χ4v) is 7.43. The van der Waals surface area contributed by atoms with E-state index in [-0.39, 0.29) is 23.8 Å². The van der Waals surface area contributed by atoms with E-state index in [2.05, 4.69) is 17.6 Å². The molecule has 2 N–H and O–H groups in total. The van der Waals surface area contributed by atoms with E-state index in [9.17, 15) is 14.4 Å². The van der Waals surface area contributed by atoms with Crippen LogP contribution in [-0.4, -0.2) is 53.5 Å². The largest absolute Gasteiger partial charge is 0.497 e. The Kier molecular flexibility index (Phi) is 6.52. The quantitative estimate of drug-likeness (QED) is 0.527. The second-order valence-corrected chi connectivity index (χ2v) is 11.9. The summed E-state index contributed by atoms with van der Waals surface area (Å²) >= 11 is 1.54. The highest BCUT2D eigenvalue weighted by Gasteiger charge is 2.72. The summed E-state index contributed by atoms with van der Waals surface area (Å²) in [5.74, 6) is -1.23. The number of amides is 3. The molecule has 1 aromatic carbocycles. The molecule has 1 spiro atoms. The summed E-state index contributed by atoms with van der Waals surface area (Å²) in [5.41, 5.74) is -0.589. The molecule has 7 unspecified atom stereocenters. The Morgan fingerprint density at radius 1 is 1.18 bits per heavy atom. The highest BCUT2D eigenvalue weighted by atomic mass is 32.1. The molecule has 7 atom stereocenters. The normalized spacial score (nSPS) is 33.3. The van der Waals surface area contributed by atoms with Gasteiger partial charge in [-0.25, -0.2) is 0 Å². The highest BCUT2D eigenvalue weighted by molar-refractivity contribution is 7.09. The van der Waals surface area contributed by atoms with Crippen LogP contribution in [-0.2, 0) is 25.7 Å². The van der Waals surface area contributed by atoms with Gasteiger partial charge in [0, 0.05) is 22.7 Å². The van der Waals surface area contributed by atoms with Crippen molar-refractivity contribution in [2.75, 3.05) is 12.4 Å². The van der Waals surface area contributed by atoms with Gasteiger partial charge < -0.3 is 25.0 Å². The molecule has 2 saturated heterocycles. The Morgan fingerprint density at radius 2 is 2.03 bits per heavy atom. The van der Waals surface area contributed by atoms with Gasteiger partial charge in [0.15, 0.2) is 0 Å². The van der Waals surface area contributed by atoms with Gasteiger partial charge in [0.05, 0.1) is 31.6 Å².